The summed E-state index contributed by atoms with van der Waals surface area (Å²) < 4.78 is 0. The highest BCUT2D eigenvalue weighted by Crippen LogP contribution is 2.24. The van der Waals surface area contributed by atoms with Gasteiger partial charge in [0.25, 0.3) is 5.91 Å². The lowest BCUT2D eigenvalue weighted by Gasteiger charge is -2.16. The van der Waals surface area contributed by atoms with Crippen LogP contribution in [0.25, 0.3) is 0 Å². The van der Waals surface area contributed by atoms with Gasteiger partial charge in [0.05, 0.1) is 6.42 Å². The Morgan fingerprint density at radius 3 is 2.62 bits per heavy atom. The lowest BCUT2D eigenvalue weighted by atomic mass is 10.1. The third-order valence-corrected chi connectivity index (χ3v) is 3.99. The molecule has 2 aliphatic rings. The maximum atomic E-state index is 11.6. The smallest absolute Gasteiger partial charge is 0.254 e. The number of likely N-dealkylation sites (tertiary alicyclic amines) is 1. The number of carbonyl (C=O) groups excluding carboxylic acids is 2. The second-order valence-electron chi connectivity index (χ2n) is 4.74. The van der Waals surface area contributed by atoms with Crippen LogP contribution in [0.15, 0.2) is 4.99 Å². The van der Waals surface area contributed by atoms with Crippen molar-refractivity contribution in [2.75, 3.05) is 12.8 Å². The van der Waals surface area contributed by atoms with E-state index in [9.17, 15) is 9.59 Å². The summed E-state index contributed by atoms with van der Waals surface area (Å²) in [5.74, 6) is 0.572. The summed E-state index contributed by atoms with van der Waals surface area (Å²) in [6, 6.07) is -0.526. The monoisotopic (exact) mass is 241 g/mol. The Hall–Kier alpha value is -1.04. The van der Waals surface area contributed by atoms with Gasteiger partial charge in [-0.3, -0.25) is 14.5 Å². The molecule has 0 radical (unpaired) electrons. The predicted molar refractivity (Wildman–Crippen MR) is 63.3 cm³/mol. The van der Waals surface area contributed by atoms with E-state index in [1.54, 1.807) is 11.8 Å². The lowest BCUT2D eigenvalue weighted by molar-refractivity contribution is -0.136. The van der Waals surface area contributed by atoms with Crippen LogP contribution in [-0.2, 0) is 9.59 Å². The van der Waals surface area contributed by atoms with Gasteiger partial charge in [-0.15, -0.1) is 0 Å². The highest BCUT2D eigenvalue weighted by atomic mass is 32.2. The molecule has 1 atom stereocenters. The van der Waals surface area contributed by atoms with Crippen LogP contribution in [-0.4, -0.2) is 46.3 Å². The second-order valence-corrected chi connectivity index (χ2v) is 5.71. The summed E-state index contributed by atoms with van der Waals surface area (Å²) in [4.78, 5) is 28.4. The van der Waals surface area contributed by atoms with E-state index in [-0.39, 0.29) is 23.8 Å². The van der Waals surface area contributed by atoms with Gasteiger partial charge in [0.2, 0.25) is 5.91 Å². The number of aliphatic imine (C=N–C) groups is 1. The number of amides is 2. The van der Waals surface area contributed by atoms with Crippen molar-refractivity contribution in [3.05, 3.63) is 0 Å². The summed E-state index contributed by atoms with van der Waals surface area (Å²) in [5.41, 5.74) is 0.0149. The van der Waals surface area contributed by atoms with Crippen molar-refractivity contribution in [1.82, 2.24) is 10.2 Å². The third-order valence-electron chi connectivity index (χ3n) is 2.65. The van der Waals surface area contributed by atoms with Gasteiger partial charge in [-0.2, -0.15) is 0 Å². The zero-order valence-corrected chi connectivity index (χ0v) is 10.4. The van der Waals surface area contributed by atoms with E-state index in [1.165, 1.54) is 7.05 Å². The second kappa shape index (κ2) is 3.76. The number of nitrogens with zero attached hydrogens (tertiary/aromatic N) is 2. The fraction of sp³-hybridized carbons (Fsp3) is 0.700. The first kappa shape index (κ1) is 11.4. The van der Waals surface area contributed by atoms with E-state index in [0.717, 1.165) is 15.8 Å². The standard InChI is InChI=1S/C10H15N3O2S/c1-10(2)5-16-9(12-10)11-6-4-7(14)13(3)8(6)15/h6H,4-5H2,1-3H3,(H,11,12). The lowest BCUT2D eigenvalue weighted by Crippen LogP contribution is -2.37. The molecule has 0 spiro atoms. The van der Waals surface area contributed by atoms with Gasteiger partial charge in [-0.05, 0) is 13.8 Å². The minimum absolute atomic E-state index is 0.0149. The fourth-order valence-corrected chi connectivity index (χ4v) is 2.78. The SMILES string of the molecule is CN1C(=O)CC(N=C2NC(C)(C)CS2)C1=O. The van der Waals surface area contributed by atoms with Gasteiger partial charge in [0.15, 0.2) is 5.17 Å². The van der Waals surface area contributed by atoms with E-state index in [1.807, 2.05) is 0 Å². The largest absolute Gasteiger partial charge is 0.359 e. The number of hydrogen-bond donors (Lipinski definition) is 1. The Morgan fingerprint density at radius 2 is 2.19 bits per heavy atom. The number of rotatable bonds is 1. The number of hydrogen-bond acceptors (Lipinski definition) is 4. The summed E-state index contributed by atoms with van der Waals surface area (Å²) in [7, 11) is 1.50. The summed E-state index contributed by atoms with van der Waals surface area (Å²) in [6.45, 7) is 4.16. The molecule has 88 valence electrons. The maximum absolute atomic E-state index is 11.6. The van der Waals surface area contributed by atoms with Crippen molar-refractivity contribution in [2.45, 2.75) is 31.8 Å². The highest BCUT2D eigenvalue weighted by Gasteiger charge is 2.37. The van der Waals surface area contributed by atoms with Crippen LogP contribution in [0, 0.1) is 0 Å². The molecule has 2 fully saturated rings. The summed E-state index contributed by atoms with van der Waals surface area (Å²) >= 11 is 1.60. The minimum Gasteiger partial charge on any atom is -0.359 e. The first-order valence-electron chi connectivity index (χ1n) is 5.18. The molecule has 0 aromatic rings. The van der Waals surface area contributed by atoms with Crippen molar-refractivity contribution in [2.24, 2.45) is 4.99 Å². The van der Waals surface area contributed by atoms with Crippen LogP contribution < -0.4 is 5.32 Å². The number of likely N-dealkylation sites (N-methyl/N-ethyl adjacent to an activating group) is 1. The van der Waals surface area contributed by atoms with E-state index >= 15 is 0 Å². The molecule has 2 saturated heterocycles. The number of thioether (sulfide) groups is 1. The van der Waals surface area contributed by atoms with Crippen LogP contribution in [0.3, 0.4) is 0 Å². The number of amidine groups is 1. The molecule has 2 rings (SSSR count). The van der Waals surface area contributed by atoms with Crippen molar-refractivity contribution < 1.29 is 9.59 Å². The van der Waals surface area contributed by atoms with Crippen LogP contribution in [0.2, 0.25) is 0 Å². The topological polar surface area (TPSA) is 61.8 Å². The molecule has 1 unspecified atom stereocenters. The van der Waals surface area contributed by atoms with Gasteiger partial charge >= 0.3 is 0 Å². The molecule has 0 bridgehead atoms. The van der Waals surface area contributed by atoms with E-state index in [2.05, 4.69) is 24.2 Å². The molecule has 1 N–H and O–H groups in total. The van der Waals surface area contributed by atoms with Crippen LogP contribution in [0.4, 0.5) is 0 Å². The van der Waals surface area contributed by atoms with Crippen molar-refractivity contribution >= 4 is 28.7 Å². The van der Waals surface area contributed by atoms with Gasteiger partial charge in [0, 0.05) is 18.3 Å². The fourth-order valence-electron chi connectivity index (χ4n) is 1.66. The molecule has 16 heavy (non-hydrogen) atoms. The van der Waals surface area contributed by atoms with Crippen LogP contribution >= 0.6 is 11.8 Å². The first-order chi connectivity index (χ1) is 7.39. The average Bonchev–Trinajstić information content (AvgIpc) is 2.64. The molecule has 0 saturated carbocycles. The zero-order chi connectivity index (χ0) is 11.9. The molecule has 0 aromatic heterocycles. The number of carbonyl (C=O) groups is 2. The van der Waals surface area contributed by atoms with Gasteiger partial charge in [-0.1, -0.05) is 11.8 Å². The van der Waals surface area contributed by atoms with Gasteiger partial charge < -0.3 is 5.32 Å². The molecular formula is C10H15N3O2S. The Labute approximate surface area is 98.7 Å². The Morgan fingerprint density at radius 1 is 1.50 bits per heavy atom. The summed E-state index contributed by atoms with van der Waals surface area (Å²) in [5, 5.41) is 4.01. The molecular weight excluding hydrogens is 226 g/mol. The number of imide groups is 1. The Balaban J connectivity index is 2.09. The molecule has 2 heterocycles. The molecule has 2 amide bonds. The Bertz CT molecular complexity index is 378. The van der Waals surface area contributed by atoms with Crippen LogP contribution in [0.5, 0.6) is 0 Å². The zero-order valence-electron chi connectivity index (χ0n) is 9.61. The first-order valence-corrected chi connectivity index (χ1v) is 6.17. The van der Waals surface area contributed by atoms with Crippen LogP contribution in [0.1, 0.15) is 20.3 Å². The quantitative estimate of drug-likeness (QED) is 0.667. The molecule has 0 aliphatic carbocycles. The van der Waals surface area contributed by atoms with Gasteiger partial charge in [0.1, 0.15) is 6.04 Å². The van der Waals surface area contributed by atoms with Crippen molar-refractivity contribution in [3.8, 4) is 0 Å². The average molecular weight is 241 g/mol. The van der Waals surface area contributed by atoms with E-state index in [0.29, 0.717) is 0 Å². The van der Waals surface area contributed by atoms with Crippen molar-refractivity contribution in [3.63, 3.8) is 0 Å². The minimum atomic E-state index is -0.526. The number of nitrogens with one attached hydrogen (secondary N) is 1. The highest BCUT2D eigenvalue weighted by molar-refractivity contribution is 8.14. The summed E-state index contributed by atoms with van der Waals surface area (Å²) in [6.07, 6.45) is 0.196. The van der Waals surface area contributed by atoms with E-state index < -0.39 is 6.04 Å². The Kier molecular flexibility index (Phi) is 2.69. The molecule has 6 heteroatoms. The predicted octanol–water partition coefficient (Wildman–Crippen LogP) is 0.215. The molecule has 0 aromatic carbocycles. The molecule has 2 aliphatic heterocycles. The van der Waals surface area contributed by atoms with E-state index in [4.69, 9.17) is 0 Å². The van der Waals surface area contributed by atoms with Crippen molar-refractivity contribution in [1.29, 1.82) is 0 Å². The molecule has 5 nitrogen and oxygen atoms in total. The maximum Gasteiger partial charge on any atom is 0.254 e. The normalized spacial score (nSPS) is 31.3. The third kappa shape index (κ3) is 2.07. The van der Waals surface area contributed by atoms with Gasteiger partial charge in [-0.25, -0.2) is 4.99 Å².